The number of ketones is 1. The highest BCUT2D eigenvalue weighted by molar-refractivity contribution is 7.99. The van der Waals surface area contributed by atoms with Crippen molar-refractivity contribution in [1.82, 2.24) is 19.7 Å². The molecule has 1 aliphatic rings. The first-order valence-corrected chi connectivity index (χ1v) is 10.8. The minimum absolute atomic E-state index is 0.125. The van der Waals surface area contributed by atoms with Crippen LogP contribution in [0.25, 0.3) is 11.4 Å². The largest absolute Gasteiger partial charge is 0.299 e. The van der Waals surface area contributed by atoms with Gasteiger partial charge >= 0.3 is 0 Å². The number of pyridine rings is 1. The predicted octanol–water partition coefficient (Wildman–Crippen LogP) is 4.99. The molecule has 0 N–H and O–H groups in total. The molecule has 1 aromatic carbocycles. The van der Waals surface area contributed by atoms with E-state index in [4.69, 9.17) is 0 Å². The van der Waals surface area contributed by atoms with Crippen molar-refractivity contribution in [2.45, 2.75) is 50.2 Å². The molecule has 28 heavy (non-hydrogen) atoms. The zero-order valence-electron chi connectivity index (χ0n) is 16.0. The normalized spacial score (nSPS) is 13.6. The second-order valence-corrected chi connectivity index (χ2v) is 8.10. The molecule has 0 atom stereocenters. The molecule has 4 rings (SSSR count). The number of nitrogens with zero attached hydrogens (tertiary/aromatic N) is 4. The highest BCUT2D eigenvalue weighted by atomic mass is 32.2. The average molecular weight is 393 g/mol. The van der Waals surface area contributed by atoms with Crippen LogP contribution in [-0.2, 0) is 6.42 Å². The van der Waals surface area contributed by atoms with E-state index in [-0.39, 0.29) is 5.78 Å². The van der Waals surface area contributed by atoms with Gasteiger partial charge < -0.3 is 0 Å². The molecule has 0 spiro atoms. The van der Waals surface area contributed by atoms with Crippen molar-refractivity contribution in [3.8, 4) is 11.4 Å². The van der Waals surface area contributed by atoms with Crippen LogP contribution in [0.5, 0.6) is 0 Å². The van der Waals surface area contributed by atoms with Crippen LogP contribution in [-0.4, -0.2) is 31.3 Å². The quantitative estimate of drug-likeness (QED) is 0.379. The first kappa shape index (κ1) is 18.9. The van der Waals surface area contributed by atoms with Crippen LogP contribution in [0.2, 0.25) is 0 Å². The number of thioether (sulfide) groups is 1. The van der Waals surface area contributed by atoms with E-state index in [0.29, 0.717) is 11.8 Å². The molecule has 2 aromatic heterocycles. The Morgan fingerprint density at radius 3 is 2.68 bits per heavy atom. The van der Waals surface area contributed by atoms with Crippen LogP contribution in [0, 0.1) is 0 Å². The summed E-state index contributed by atoms with van der Waals surface area (Å²) in [5.41, 5.74) is 3.01. The van der Waals surface area contributed by atoms with E-state index in [1.807, 2.05) is 30.5 Å². The lowest BCUT2D eigenvalue weighted by atomic mass is 10.1. The van der Waals surface area contributed by atoms with Gasteiger partial charge in [0.05, 0.1) is 5.75 Å². The lowest BCUT2D eigenvalue weighted by Gasteiger charge is -2.08. The van der Waals surface area contributed by atoms with Crippen molar-refractivity contribution < 1.29 is 4.79 Å². The van der Waals surface area contributed by atoms with E-state index in [1.54, 1.807) is 6.20 Å². The minimum Gasteiger partial charge on any atom is -0.299 e. The number of hydrogen-bond acceptors (Lipinski definition) is 5. The molecule has 3 aromatic rings. The molecule has 0 radical (unpaired) electrons. The van der Waals surface area contributed by atoms with Gasteiger partial charge in [0.15, 0.2) is 16.8 Å². The summed E-state index contributed by atoms with van der Waals surface area (Å²) < 4.78 is 2.17. The maximum atomic E-state index is 12.6. The highest BCUT2D eigenvalue weighted by Gasteiger charge is 2.30. The Labute approximate surface area is 169 Å². The summed E-state index contributed by atoms with van der Waals surface area (Å²) in [6.07, 6.45) is 9.25. The second-order valence-electron chi connectivity index (χ2n) is 7.16. The maximum absolute atomic E-state index is 12.6. The second kappa shape index (κ2) is 8.69. The maximum Gasteiger partial charge on any atom is 0.192 e. The van der Waals surface area contributed by atoms with Crippen molar-refractivity contribution in [1.29, 1.82) is 0 Å². The number of carbonyl (C=O) groups excluding carboxylic acids is 1. The molecule has 5 nitrogen and oxygen atoms in total. The Kier molecular flexibility index (Phi) is 5.86. The van der Waals surface area contributed by atoms with E-state index in [2.05, 4.69) is 38.8 Å². The summed E-state index contributed by atoms with van der Waals surface area (Å²) >= 11 is 1.47. The van der Waals surface area contributed by atoms with Gasteiger partial charge in [0.2, 0.25) is 0 Å². The molecule has 0 bridgehead atoms. The fourth-order valence-electron chi connectivity index (χ4n) is 3.18. The molecule has 0 unspecified atom stereocenters. The Bertz CT molecular complexity index is 933. The number of hydrogen-bond donors (Lipinski definition) is 0. The number of carbonyl (C=O) groups is 1. The SMILES string of the molecule is CCCCc1ccc(C(=O)CSc2nnc(-c3cccnc3)n2C2CC2)cc1. The molecule has 6 heteroatoms. The fraction of sp³-hybridized carbons (Fsp3) is 0.364. The lowest BCUT2D eigenvalue weighted by Crippen LogP contribution is -2.05. The van der Waals surface area contributed by atoms with Crippen molar-refractivity contribution in [3.05, 3.63) is 59.9 Å². The summed E-state index contributed by atoms with van der Waals surface area (Å²) in [5.74, 6) is 1.33. The van der Waals surface area contributed by atoms with Gasteiger partial charge in [-0.1, -0.05) is 49.4 Å². The first-order chi connectivity index (χ1) is 13.8. The van der Waals surface area contributed by atoms with E-state index in [9.17, 15) is 4.79 Å². The zero-order valence-corrected chi connectivity index (χ0v) is 16.9. The third-order valence-corrected chi connectivity index (χ3v) is 5.87. The Balaban J connectivity index is 1.45. The van der Waals surface area contributed by atoms with Crippen molar-refractivity contribution in [2.24, 2.45) is 0 Å². The fourth-order valence-corrected chi connectivity index (χ4v) is 4.08. The topological polar surface area (TPSA) is 60.7 Å². The predicted molar refractivity (Wildman–Crippen MR) is 112 cm³/mol. The molecule has 144 valence electrons. The smallest absolute Gasteiger partial charge is 0.192 e. The van der Waals surface area contributed by atoms with E-state index < -0.39 is 0 Å². The number of unbranched alkanes of at least 4 members (excludes halogenated alkanes) is 1. The molecule has 0 aliphatic heterocycles. The Morgan fingerprint density at radius 2 is 2.00 bits per heavy atom. The van der Waals surface area contributed by atoms with Gasteiger partial charge in [0.25, 0.3) is 0 Å². The summed E-state index contributed by atoms with van der Waals surface area (Å²) in [6, 6.07) is 12.4. The monoisotopic (exact) mass is 392 g/mol. The molecule has 1 saturated carbocycles. The molecule has 2 heterocycles. The van der Waals surface area contributed by atoms with E-state index >= 15 is 0 Å². The Hall–Kier alpha value is -2.47. The van der Waals surface area contributed by atoms with Crippen LogP contribution < -0.4 is 0 Å². The lowest BCUT2D eigenvalue weighted by molar-refractivity contribution is 0.102. The van der Waals surface area contributed by atoms with E-state index in [0.717, 1.165) is 41.4 Å². The third-order valence-electron chi connectivity index (χ3n) is 4.92. The number of aromatic nitrogens is 4. The van der Waals surface area contributed by atoms with E-state index in [1.165, 1.54) is 30.2 Å². The van der Waals surface area contributed by atoms with Gasteiger partial charge in [0, 0.05) is 29.6 Å². The van der Waals surface area contributed by atoms with Crippen molar-refractivity contribution in [2.75, 3.05) is 5.75 Å². The van der Waals surface area contributed by atoms with Crippen LogP contribution >= 0.6 is 11.8 Å². The molecule has 0 amide bonds. The number of Topliss-reactive ketones (excluding diaryl/α,β-unsaturated/α-hetero) is 1. The number of aryl methyl sites for hydroxylation is 1. The van der Waals surface area contributed by atoms with Gasteiger partial charge in [-0.05, 0) is 43.4 Å². The van der Waals surface area contributed by atoms with Gasteiger partial charge in [-0.15, -0.1) is 10.2 Å². The number of benzene rings is 1. The number of rotatable bonds is 9. The molecular weight excluding hydrogens is 368 g/mol. The molecule has 1 fully saturated rings. The standard InChI is InChI=1S/C22H24N4OS/c1-2-3-5-16-7-9-17(10-8-16)20(27)15-28-22-25-24-21(26(22)19-11-12-19)18-6-4-13-23-14-18/h4,6-10,13-14,19H,2-3,5,11-12,15H2,1H3. The summed E-state index contributed by atoms with van der Waals surface area (Å²) in [7, 11) is 0. The Morgan fingerprint density at radius 1 is 1.18 bits per heavy atom. The van der Waals surface area contributed by atoms with Gasteiger partial charge in [-0.25, -0.2) is 0 Å². The van der Waals surface area contributed by atoms with Crippen LogP contribution in [0.3, 0.4) is 0 Å². The van der Waals surface area contributed by atoms with Gasteiger partial charge in [-0.3, -0.25) is 14.3 Å². The van der Waals surface area contributed by atoms with Gasteiger partial charge in [0.1, 0.15) is 0 Å². The zero-order chi connectivity index (χ0) is 19.3. The minimum atomic E-state index is 0.125. The van der Waals surface area contributed by atoms with Crippen molar-refractivity contribution in [3.63, 3.8) is 0 Å². The van der Waals surface area contributed by atoms with Crippen LogP contribution in [0.4, 0.5) is 0 Å². The molecular formula is C22H24N4OS. The molecule has 0 saturated heterocycles. The van der Waals surface area contributed by atoms with Crippen molar-refractivity contribution >= 4 is 17.5 Å². The third kappa shape index (κ3) is 4.33. The summed E-state index contributed by atoms with van der Waals surface area (Å²) in [5, 5.41) is 9.56. The molecule has 1 aliphatic carbocycles. The first-order valence-electron chi connectivity index (χ1n) is 9.86. The highest BCUT2D eigenvalue weighted by Crippen LogP contribution is 2.41. The van der Waals surface area contributed by atoms with Crippen LogP contribution in [0.15, 0.2) is 53.9 Å². The van der Waals surface area contributed by atoms with Gasteiger partial charge in [-0.2, -0.15) is 0 Å². The summed E-state index contributed by atoms with van der Waals surface area (Å²) in [6.45, 7) is 2.19. The average Bonchev–Trinajstić information content (AvgIpc) is 3.50. The summed E-state index contributed by atoms with van der Waals surface area (Å²) in [4.78, 5) is 16.8. The van der Waals surface area contributed by atoms with Crippen LogP contribution in [0.1, 0.15) is 54.6 Å².